The number of amides is 1. The van der Waals surface area contributed by atoms with E-state index >= 15 is 0 Å². The van der Waals surface area contributed by atoms with Gasteiger partial charge >= 0.3 is 0 Å². The molecule has 0 spiro atoms. The Morgan fingerprint density at radius 1 is 1.30 bits per heavy atom. The van der Waals surface area contributed by atoms with Crippen LogP contribution in [0.4, 0.5) is 0 Å². The molecule has 0 N–H and O–H groups in total. The van der Waals surface area contributed by atoms with Crippen molar-refractivity contribution in [3.8, 4) is 0 Å². The van der Waals surface area contributed by atoms with Crippen LogP contribution in [-0.4, -0.2) is 58.7 Å². The second-order valence-electron chi connectivity index (χ2n) is 6.68. The van der Waals surface area contributed by atoms with Crippen LogP contribution in [-0.2, 0) is 11.3 Å². The van der Waals surface area contributed by atoms with Gasteiger partial charge in [-0.2, -0.15) is 5.10 Å². The zero-order valence-corrected chi connectivity index (χ0v) is 15.3. The maximum absolute atomic E-state index is 12.4. The second-order valence-corrected chi connectivity index (χ2v) is 7.04. The van der Waals surface area contributed by atoms with E-state index in [-0.39, 0.29) is 5.91 Å². The van der Waals surface area contributed by atoms with E-state index in [1.54, 1.807) is 12.2 Å². The van der Waals surface area contributed by atoms with Gasteiger partial charge < -0.3 is 9.80 Å². The first-order chi connectivity index (χ1) is 10.9. The predicted octanol–water partition coefficient (Wildman–Crippen LogP) is 2.68. The number of carbonyl (C=O) groups excluding carboxylic acids is 1. The topological polar surface area (TPSA) is 41.4 Å². The van der Waals surface area contributed by atoms with Crippen molar-refractivity contribution in [2.75, 3.05) is 33.2 Å². The van der Waals surface area contributed by atoms with Gasteiger partial charge in [0.1, 0.15) is 5.15 Å². The minimum Gasteiger partial charge on any atom is -0.338 e. The molecule has 1 aliphatic rings. The smallest absolute Gasteiger partial charge is 0.246 e. The molecule has 0 radical (unpaired) electrons. The summed E-state index contributed by atoms with van der Waals surface area (Å²) in [6.45, 7) is 10.5. The Morgan fingerprint density at radius 3 is 2.74 bits per heavy atom. The number of aromatic nitrogens is 2. The van der Waals surface area contributed by atoms with Crippen molar-refractivity contribution in [3.63, 3.8) is 0 Å². The van der Waals surface area contributed by atoms with Crippen molar-refractivity contribution in [3.05, 3.63) is 22.5 Å². The molecule has 5 nitrogen and oxygen atoms in total. The highest BCUT2D eigenvalue weighted by Gasteiger charge is 2.16. The number of nitrogens with zero attached hydrogens (tertiary/aromatic N) is 4. The highest BCUT2D eigenvalue weighted by Crippen LogP contribution is 2.22. The molecule has 0 unspecified atom stereocenters. The van der Waals surface area contributed by atoms with E-state index < -0.39 is 0 Å². The molecular formula is C17H27ClN4O. The molecule has 0 aliphatic carbocycles. The van der Waals surface area contributed by atoms with Gasteiger partial charge in [0, 0.05) is 37.8 Å². The van der Waals surface area contributed by atoms with Crippen LogP contribution in [0.5, 0.6) is 0 Å². The summed E-state index contributed by atoms with van der Waals surface area (Å²) in [5.41, 5.74) is 1.70. The van der Waals surface area contributed by atoms with Gasteiger partial charge in [0.05, 0.1) is 5.69 Å². The number of rotatable bonds is 4. The molecule has 1 aromatic rings. The molecule has 0 bridgehead atoms. The van der Waals surface area contributed by atoms with Gasteiger partial charge in [-0.05, 0) is 38.9 Å². The quantitative estimate of drug-likeness (QED) is 0.793. The van der Waals surface area contributed by atoms with Gasteiger partial charge in [0.2, 0.25) is 5.91 Å². The average Bonchev–Trinajstić information content (AvgIpc) is 2.65. The lowest BCUT2D eigenvalue weighted by Crippen LogP contribution is -2.33. The maximum Gasteiger partial charge on any atom is 0.246 e. The number of likely N-dealkylation sites (N-methyl/N-ethyl adjacent to an activating group) is 1. The molecule has 128 valence electrons. The van der Waals surface area contributed by atoms with Crippen molar-refractivity contribution in [2.24, 2.45) is 5.92 Å². The van der Waals surface area contributed by atoms with E-state index in [9.17, 15) is 4.79 Å². The third-order valence-electron chi connectivity index (χ3n) is 4.07. The zero-order chi connectivity index (χ0) is 17.0. The summed E-state index contributed by atoms with van der Waals surface area (Å²) >= 11 is 6.41. The van der Waals surface area contributed by atoms with Gasteiger partial charge in [0.15, 0.2) is 0 Å². The van der Waals surface area contributed by atoms with E-state index in [1.807, 2.05) is 16.5 Å². The van der Waals surface area contributed by atoms with Crippen LogP contribution in [0.15, 0.2) is 6.08 Å². The van der Waals surface area contributed by atoms with Gasteiger partial charge in [-0.15, -0.1) is 0 Å². The summed E-state index contributed by atoms with van der Waals surface area (Å²) in [6.07, 6.45) is 4.45. The number of hydrogen-bond acceptors (Lipinski definition) is 3. The average molecular weight is 339 g/mol. The molecule has 0 aromatic carbocycles. The lowest BCUT2D eigenvalue weighted by molar-refractivity contribution is -0.125. The van der Waals surface area contributed by atoms with Crippen LogP contribution in [0.1, 0.15) is 31.5 Å². The summed E-state index contributed by atoms with van der Waals surface area (Å²) < 4.78 is 1.81. The monoisotopic (exact) mass is 338 g/mol. The summed E-state index contributed by atoms with van der Waals surface area (Å²) in [6, 6.07) is 0. The molecule has 1 amide bonds. The lowest BCUT2D eigenvalue weighted by Gasteiger charge is -2.18. The molecule has 0 atom stereocenters. The van der Waals surface area contributed by atoms with Crippen LogP contribution in [0.3, 0.4) is 0 Å². The number of aryl methyl sites for hydroxylation is 1. The zero-order valence-electron chi connectivity index (χ0n) is 14.5. The fourth-order valence-electron chi connectivity index (χ4n) is 2.75. The third kappa shape index (κ3) is 4.82. The summed E-state index contributed by atoms with van der Waals surface area (Å²) in [5.74, 6) is 0.520. The Balaban J connectivity index is 2.07. The first-order valence-electron chi connectivity index (χ1n) is 8.27. The molecule has 1 aliphatic heterocycles. The summed E-state index contributed by atoms with van der Waals surface area (Å²) in [4.78, 5) is 16.6. The van der Waals surface area contributed by atoms with Crippen LogP contribution in [0, 0.1) is 12.8 Å². The van der Waals surface area contributed by atoms with Crippen molar-refractivity contribution < 1.29 is 4.79 Å². The molecule has 1 fully saturated rings. The molecule has 1 saturated heterocycles. The van der Waals surface area contributed by atoms with Crippen LogP contribution in [0.25, 0.3) is 6.08 Å². The molecule has 23 heavy (non-hydrogen) atoms. The summed E-state index contributed by atoms with van der Waals surface area (Å²) in [5, 5.41) is 5.07. The normalized spacial score (nSPS) is 17.2. The second kappa shape index (κ2) is 7.97. The Hall–Kier alpha value is -1.33. The van der Waals surface area contributed by atoms with E-state index in [1.165, 1.54) is 0 Å². The Labute approximate surface area is 143 Å². The molecule has 6 heteroatoms. The fraction of sp³-hybridized carbons (Fsp3) is 0.647. The van der Waals surface area contributed by atoms with Gasteiger partial charge in [0.25, 0.3) is 0 Å². The van der Waals surface area contributed by atoms with Crippen LogP contribution >= 0.6 is 11.6 Å². The molecule has 0 saturated carbocycles. The van der Waals surface area contributed by atoms with Crippen LogP contribution < -0.4 is 0 Å². The van der Waals surface area contributed by atoms with E-state index in [4.69, 9.17) is 11.6 Å². The minimum absolute atomic E-state index is 0.0485. The van der Waals surface area contributed by atoms with Crippen molar-refractivity contribution in [2.45, 2.75) is 33.7 Å². The Bertz CT molecular complexity index is 579. The number of halogens is 1. The number of hydrogen-bond donors (Lipinski definition) is 0. The largest absolute Gasteiger partial charge is 0.338 e. The molecule has 2 rings (SSSR count). The Kier molecular flexibility index (Phi) is 6.25. The molecular weight excluding hydrogens is 312 g/mol. The standard InChI is InChI=1S/C17H27ClN4O/c1-13(2)12-22-17(18)15(14(3)19-22)6-7-16(23)21-9-5-8-20(4)10-11-21/h6-7,13H,5,8-12H2,1-4H3/b7-6+. The van der Waals surface area contributed by atoms with Gasteiger partial charge in [-0.25, -0.2) is 0 Å². The van der Waals surface area contributed by atoms with E-state index in [2.05, 4.69) is 30.9 Å². The van der Waals surface area contributed by atoms with Crippen molar-refractivity contribution in [1.82, 2.24) is 19.6 Å². The fourth-order valence-corrected chi connectivity index (χ4v) is 3.06. The Morgan fingerprint density at radius 2 is 2.04 bits per heavy atom. The molecule has 2 heterocycles. The van der Waals surface area contributed by atoms with Gasteiger partial charge in [-0.1, -0.05) is 25.4 Å². The first kappa shape index (κ1) is 18.0. The maximum atomic E-state index is 12.4. The third-order valence-corrected chi connectivity index (χ3v) is 4.47. The van der Waals surface area contributed by atoms with Crippen molar-refractivity contribution >= 4 is 23.6 Å². The van der Waals surface area contributed by atoms with Crippen LogP contribution in [0.2, 0.25) is 5.15 Å². The lowest BCUT2D eigenvalue weighted by atomic mass is 10.2. The van der Waals surface area contributed by atoms with E-state index in [0.717, 1.165) is 50.4 Å². The highest BCUT2D eigenvalue weighted by atomic mass is 35.5. The molecule has 1 aromatic heterocycles. The minimum atomic E-state index is 0.0485. The predicted molar refractivity (Wildman–Crippen MR) is 94.5 cm³/mol. The SMILES string of the molecule is Cc1nn(CC(C)C)c(Cl)c1/C=C/C(=O)N1CCCN(C)CC1. The highest BCUT2D eigenvalue weighted by molar-refractivity contribution is 6.31. The van der Waals surface area contributed by atoms with Crippen molar-refractivity contribution in [1.29, 1.82) is 0 Å². The van der Waals surface area contributed by atoms with E-state index in [0.29, 0.717) is 11.1 Å². The first-order valence-corrected chi connectivity index (χ1v) is 8.64. The van der Waals surface area contributed by atoms with Gasteiger partial charge in [-0.3, -0.25) is 9.48 Å². The number of carbonyl (C=O) groups is 1. The summed E-state index contributed by atoms with van der Waals surface area (Å²) in [7, 11) is 2.09.